The molecular weight excluding hydrogens is 789 g/mol. The predicted molar refractivity (Wildman–Crippen MR) is 279 cm³/mol. The van der Waals surface area contributed by atoms with Crippen molar-refractivity contribution in [3.63, 3.8) is 0 Å². The molecule has 0 aliphatic heterocycles. The van der Waals surface area contributed by atoms with Crippen molar-refractivity contribution in [1.82, 2.24) is 0 Å². The van der Waals surface area contributed by atoms with Gasteiger partial charge in [-0.2, -0.15) is 0 Å². The van der Waals surface area contributed by atoms with Crippen LogP contribution in [0.4, 0.5) is 0 Å². The Labute approximate surface area is 400 Å². The van der Waals surface area contributed by atoms with Crippen molar-refractivity contribution < 1.29 is 23.8 Å². The molecule has 0 bridgehead atoms. The zero-order chi connectivity index (χ0) is 46.3. The Morgan fingerprint density at radius 3 is 1.12 bits per heavy atom. The van der Waals surface area contributed by atoms with E-state index < -0.39 is 6.10 Å². The number of esters is 2. The summed E-state index contributed by atoms with van der Waals surface area (Å²) in [5.74, 6) is -0.392. The molecule has 0 aromatic carbocycles. The summed E-state index contributed by atoms with van der Waals surface area (Å²) in [6.07, 6.45) is 67.3. The van der Waals surface area contributed by atoms with Crippen molar-refractivity contribution in [3.05, 3.63) is 36.5 Å². The van der Waals surface area contributed by atoms with Crippen molar-refractivity contribution in [2.75, 3.05) is 19.8 Å². The third-order valence-corrected chi connectivity index (χ3v) is 12.6. The Morgan fingerprint density at radius 1 is 0.344 bits per heavy atom. The van der Waals surface area contributed by atoms with Crippen molar-refractivity contribution >= 4 is 11.9 Å². The number of carbonyl (C=O) groups is 2. The largest absolute Gasteiger partial charge is 0.462 e. The number of ether oxygens (including phenoxy) is 3. The molecule has 5 nitrogen and oxygen atoms in total. The van der Waals surface area contributed by atoms with Gasteiger partial charge in [-0.1, -0.05) is 256 Å². The lowest BCUT2D eigenvalue weighted by Crippen LogP contribution is -2.30. The van der Waals surface area contributed by atoms with E-state index in [1.54, 1.807) is 0 Å². The van der Waals surface area contributed by atoms with E-state index >= 15 is 0 Å². The second-order valence-corrected chi connectivity index (χ2v) is 19.2. The fourth-order valence-electron chi connectivity index (χ4n) is 8.35. The van der Waals surface area contributed by atoms with Crippen LogP contribution in [0.1, 0.15) is 303 Å². The van der Waals surface area contributed by atoms with E-state index in [2.05, 4.69) is 57.2 Å². The first kappa shape index (κ1) is 62.1. The molecular formula is C59H110O5. The Bertz CT molecular complexity index is 1020. The monoisotopic (exact) mass is 899 g/mol. The first-order valence-corrected chi connectivity index (χ1v) is 28.5. The maximum atomic E-state index is 12.8. The van der Waals surface area contributed by atoms with Gasteiger partial charge in [0.1, 0.15) is 6.61 Å². The lowest BCUT2D eigenvalue weighted by molar-refractivity contribution is -0.163. The molecule has 0 N–H and O–H groups in total. The minimum Gasteiger partial charge on any atom is -0.462 e. The highest BCUT2D eigenvalue weighted by molar-refractivity contribution is 5.70. The summed E-state index contributed by atoms with van der Waals surface area (Å²) in [6.45, 7) is 7.81. The molecule has 0 aliphatic carbocycles. The highest BCUT2D eigenvalue weighted by Crippen LogP contribution is 2.16. The smallest absolute Gasteiger partial charge is 0.306 e. The summed E-state index contributed by atoms with van der Waals surface area (Å²) >= 11 is 0. The fourth-order valence-corrected chi connectivity index (χ4v) is 8.35. The van der Waals surface area contributed by atoms with E-state index in [-0.39, 0.29) is 25.2 Å². The molecule has 0 spiro atoms. The van der Waals surface area contributed by atoms with Gasteiger partial charge in [-0.05, 0) is 70.6 Å². The average molecular weight is 900 g/mol. The first-order valence-electron chi connectivity index (χ1n) is 28.5. The van der Waals surface area contributed by atoms with Gasteiger partial charge in [0.2, 0.25) is 0 Å². The summed E-state index contributed by atoms with van der Waals surface area (Å²) in [7, 11) is 0. The van der Waals surface area contributed by atoms with Crippen molar-refractivity contribution in [2.45, 2.75) is 309 Å². The molecule has 1 atom stereocenters. The summed E-state index contributed by atoms with van der Waals surface area (Å²) in [5.41, 5.74) is 0. The molecule has 64 heavy (non-hydrogen) atoms. The van der Waals surface area contributed by atoms with E-state index in [1.807, 2.05) is 0 Å². The number of unbranched alkanes of at least 4 members (excludes halogenated alkanes) is 36. The first-order chi connectivity index (χ1) is 31.6. The van der Waals surface area contributed by atoms with Crippen molar-refractivity contribution in [2.24, 2.45) is 0 Å². The highest BCUT2D eigenvalue weighted by atomic mass is 16.6. The molecule has 5 heteroatoms. The van der Waals surface area contributed by atoms with E-state index in [4.69, 9.17) is 14.2 Å². The van der Waals surface area contributed by atoms with Gasteiger partial charge in [-0.25, -0.2) is 0 Å². The van der Waals surface area contributed by atoms with Gasteiger partial charge < -0.3 is 14.2 Å². The zero-order valence-corrected chi connectivity index (χ0v) is 43.3. The number of carbonyl (C=O) groups excluding carboxylic acids is 2. The van der Waals surface area contributed by atoms with Gasteiger partial charge >= 0.3 is 11.9 Å². The van der Waals surface area contributed by atoms with Gasteiger partial charge in [0.15, 0.2) is 6.10 Å². The molecule has 1 unspecified atom stereocenters. The molecule has 0 rings (SSSR count). The van der Waals surface area contributed by atoms with Crippen LogP contribution in [-0.4, -0.2) is 37.9 Å². The fraction of sp³-hybridized carbons (Fsp3) is 0.864. The zero-order valence-electron chi connectivity index (χ0n) is 43.3. The van der Waals surface area contributed by atoms with Crippen LogP contribution >= 0.6 is 0 Å². The number of hydrogen-bond donors (Lipinski definition) is 0. The van der Waals surface area contributed by atoms with Crippen LogP contribution in [0.15, 0.2) is 36.5 Å². The minimum atomic E-state index is -0.539. The second kappa shape index (κ2) is 55.4. The predicted octanol–water partition coefficient (Wildman–Crippen LogP) is 19.4. The summed E-state index contributed by atoms with van der Waals surface area (Å²) < 4.78 is 17.5. The molecule has 0 amide bonds. The van der Waals surface area contributed by atoms with E-state index in [0.717, 1.165) is 51.4 Å². The molecule has 0 aromatic heterocycles. The normalized spacial score (nSPS) is 12.4. The van der Waals surface area contributed by atoms with Crippen LogP contribution in [0.25, 0.3) is 0 Å². The Balaban J connectivity index is 4.20. The van der Waals surface area contributed by atoms with Gasteiger partial charge in [0.25, 0.3) is 0 Å². The molecule has 0 saturated carbocycles. The standard InChI is InChI=1S/C59H110O5/c1-4-7-10-13-16-19-22-25-27-29-30-32-33-35-37-40-43-46-49-52-58(60)63-56-57(55-62-54-51-48-45-42-39-24-21-18-15-12-9-6-3)64-59(61)53-50-47-44-41-38-36-34-31-28-26-23-20-17-14-11-8-5-2/h15,17-18,20,26,28,57H,4-14,16,19,21-25,27,29-56H2,1-3H3/b18-15-,20-17-,28-26-. The van der Waals surface area contributed by atoms with Crippen LogP contribution < -0.4 is 0 Å². The van der Waals surface area contributed by atoms with Gasteiger partial charge in [-0.15, -0.1) is 0 Å². The van der Waals surface area contributed by atoms with Gasteiger partial charge in [-0.3, -0.25) is 9.59 Å². The topological polar surface area (TPSA) is 61.8 Å². The van der Waals surface area contributed by atoms with E-state index in [9.17, 15) is 9.59 Å². The second-order valence-electron chi connectivity index (χ2n) is 19.2. The van der Waals surface area contributed by atoms with Gasteiger partial charge in [0.05, 0.1) is 6.61 Å². The van der Waals surface area contributed by atoms with Crippen molar-refractivity contribution in [3.8, 4) is 0 Å². The Kier molecular flexibility index (Phi) is 53.8. The maximum Gasteiger partial charge on any atom is 0.306 e. The SMILES string of the molecule is CCCC/C=C\CCCCCCCCOCC(COC(=O)CCCCCCCCCCCCCCCCCCCCC)OC(=O)CCCCCCCCC/C=C\C/C=C\CCCCC. The molecule has 0 saturated heterocycles. The average Bonchev–Trinajstić information content (AvgIpc) is 3.30. The summed E-state index contributed by atoms with van der Waals surface area (Å²) in [6, 6.07) is 0. The molecule has 0 aromatic rings. The summed E-state index contributed by atoms with van der Waals surface area (Å²) in [4.78, 5) is 25.5. The van der Waals surface area contributed by atoms with E-state index in [1.165, 1.54) is 218 Å². The van der Waals surface area contributed by atoms with Crippen molar-refractivity contribution in [1.29, 1.82) is 0 Å². The Hall–Kier alpha value is -1.88. The molecule has 376 valence electrons. The van der Waals surface area contributed by atoms with Crippen LogP contribution in [-0.2, 0) is 23.8 Å². The van der Waals surface area contributed by atoms with Crippen LogP contribution in [0.2, 0.25) is 0 Å². The highest BCUT2D eigenvalue weighted by Gasteiger charge is 2.17. The molecule has 0 aliphatic rings. The van der Waals surface area contributed by atoms with E-state index in [0.29, 0.717) is 19.4 Å². The number of allylic oxidation sites excluding steroid dienone is 6. The maximum absolute atomic E-state index is 12.8. The van der Waals surface area contributed by atoms with Gasteiger partial charge in [0, 0.05) is 19.4 Å². The molecule has 0 radical (unpaired) electrons. The lowest BCUT2D eigenvalue weighted by atomic mass is 10.0. The number of hydrogen-bond acceptors (Lipinski definition) is 5. The minimum absolute atomic E-state index is 0.0848. The summed E-state index contributed by atoms with van der Waals surface area (Å²) in [5, 5.41) is 0. The quantitative estimate of drug-likeness (QED) is 0.0346. The molecule has 0 fully saturated rings. The van der Waals surface area contributed by atoms with Crippen LogP contribution in [0, 0.1) is 0 Å². The lowest BCUT2D eigenvalue weighted by Gasteiger charge is -2.18. The third kappa shape index (κ3) is 52.7. The van der Waals surface area contributed by atoms with Crippen LogP contribution in [0.5, 0.6) is 0 Å². The number of rotatable bonds is 53. The molecule has 0 heterocycles. The Morgan fingerprint density at radius 2 is 0.672 bits per heavy atom. The van der Waals surface area contributed by atoms with Crippen LogP contribution in [0.3, 0.4) is 0 Å². The third-order valence-electron chi connectivity index (χ3n) is 12.6.